The van der Waals surface area contributed by atoms with Crippen molar-refractivity contribution in [2.45, 2.75) is 13.5 Å². The number of nitrogens with zero attached hydrogens (tertiary/aromatic N) is 6. The molecule has 4 aromatic rings. The third-order valence-electron chi connectivity index (χ3n) is 4.24. The molecule has 154 valence electrons. The van der Waals surface area contributed by atoms with Crippen LogP contribution in [0.15, 0.2) is 41.1 Å². The normalized spacial score (nSPS) is 11.1. The highest BCUT2D eigenvalue weighted by atomic mass is 79.9. The van der Waals surface area contributed by atoms with E-state index in [0.29, 0.717) is 23.5 Å². The Morgan fingerprint density at radius 1 is 1.23 bits per heavy atom. The molecule has 4 rings (SSSR count). The average molecular weight is 492 g/mol. The second-order valence-electron chi connectivity index (χ2n) is 6.20. The monoisotopic (exact) mass is 490 g/mol. The van der Waals surface area contributed by atoms with E-state index < -0.39 is 5.97 Å². The molecule has 9 nitrogen and oxygen atoms in total. The molecule has 0 N–H and O–H groups in total. The molecule has 0 saturated carbocycles. The molecular formula is C19H16BrClN6O3. The fraction of sp³-hybridized carbons (Fsp3) is 0.211. The fourth-order valence-electron chi connectivity index (χ4n) is 2.88. The van der Waals surface area contributed by atoms with Crippen molar-refractivity contribution in [1.82, 2.24) is 29.5 Å². The Labute approximate surface area is 184 Å². The number of hydrogen-bond acceptors (Lipinski definition) is 7. The van der Waals surface area contributed by atoms with E-state index in [1.165, 1.54) is 24.2 Å². The van der Waals surface area contributed by atoms with Gasteiger partial charge in [0.15, 0.2) is 10.7 Å². The lowest BCUT2D eigenvalue weighted by Gasteiger charge is -2.08. The van der Waals surface area contributed by atoms with E-state index >= 15 is 0 Å². The van der Waals surface area contributed by atoms with Gasteiger partial charge in [0.05, 0.1) is 32.0 Å². The number of hydrogen-bond donors (Lipinski definition) is 0. The van der Waals surface area contributed by atoms with Crippen molar-refractivity contribution < 1.29 is 14.3 Å². The highest BCUT2D eigenvalue weighted by molar-refractivity contribution is 9.10. The van der Waals surface area contributed by atoms with Crippen LogP contribution in [-0.2, 0) is 11.3 Å². The molecule has 0 saturated heterocycles. The number of ether oxygens (including phenoxy) is 2. The summed E-state index contributed by atoms with van der Waals surface area (Å²) in [6, 6.07) is 7.86. The second-order valence-corrected chi connectivity index (χ2v) is 7.47. The molecular weight excluding hydrogens is 476 g/mol. The Kier molecular flexibility index (Phi) is 5.69. The summed E-state index contributed by atoms with van der Waals surface area (Å²) in [5.74, 6) is 0.0110. The van der Waals surface area contributed by atoms with Gasteiger partial charge in [0, 0.05) is 10.7 Å². The third-order valence-corrected chi connectivity index (χ3v) is 5.02. The van der Waals surface area contributed by atoms with Gasteiger partial charge < -0.3 is 9.47 Å². The predicted octanol–water partition coefficient (Wildman–Crippen LogP) is 3.66. The van der Waals surface area contributed by atoms with Gasteiger partial charge >= 0.3 is 5.97 Å². The minimum atomic E-state index is -0.475. The van der Waals surface area contributed by atoms with E-state index in [2.05, 4.69) is 36.1 Å². The van der Waals surface area contributed by atoms with Crippen LogP contribution >= 0.6 is 27.5 Å². The van der Waals surface area contributed by atoms with E-state index in [1.54, 1.807) is 11.6 Å². The van der Waals surface area contributed by atoms with Gasteiger partial charge in [-0.3, -0.25) is 4.68 Å². The Bertz CT molecular complexity index is 1220. The zero-order valence-electron chi connectivity index (χ0n) is 16.0. The number of carbonyl (C=O) groups is 1. The standard InChI is InChI=1S/C19H16BrClN6O3/c1-3-30-18(28)12-8-22-27(10-12)19-23-14-15(17(24-19)29-2)26(25-16(14)21)9-11-4-6-13(20)7-5-11/h4-8,10H,3,9H2,1-2H3. The van der Waals surface area contributed by atoms with Crippen molar-refractivity contribution >= 4 is 44.5 Å². The summed E-state index contributed by atoms with van der Waals surface area (Å²) in [5.41, 5.74) is 2.30. The minimum absolute atomic E-state index is 0.194. The molecule has 0 radical (unpaired) electrons. The number of aromatic nitrogens is 6. The molecule has 0 aliphatic heterocycles. The van der Waals surface area contributed by atoms with Gasteiger partial charge in [-0.1, -0.05) is 39.7 Å². The topological polar surface area (TPSA) is 96.9 Å². The molecule has 0 bridgehead atoms. The van der Waals surface area contributed by atoms with Crippen LogP contribution in [0.25, 0.3) is 17.0 Å². The van der Waals surface area contributed by atoms with Crippen molar-refractivity contribution in [3.05, 3.63) is 57.4 Å². The van der Waals surface area contributed by atoms with Crippen LogP contribution in [0.3, 0.4) is 0 Å². The fourth-order valence-corrected chi connectivity index (χ4v) is 3.36. The van der Waals surface area contributed by atoms with Gasteiger partial charge in [-0.2, -0.15) is 15.2 Å². The summed E-state index contributed by atoms with van der Waals surface area (Å²) < 4.78 is 14.5. The predicted molar refractivity (Wildman–Crippen MR) is 113 cm³/mol. The number of esters is 1. The van der Waals surface area contributed by atoms with Gasteiger partial charge in [-0.05, 0) is 24.6 Å². The van der Waals surface area contributed by atoms with Crippen molar-refractivity contribution in [3.63, 3.8) is 0 Å². The van der Waals surface area contributed by atoms with E-state index in [1.807, 2.05) is 24.3 Å². The van der Waals surface area contributed by atoms with E-state index in [9.17, 15) is 4.79 Å². The summed E-state index contributed by atoms with van der Waals surface area (Å²) in [4.78, 5) is 20.8. The molecule has 30 heavy (non-hydrogen) atoms. The Morgan fingerprint density at radius 2 is 2.00 bits per heavy atom. The van der Waals surface area contributed by atoms with Crippen molar-refractivity contribution in [2.75, 3.05) is 13.7 Å². The maximum absolute atomic E-state index is 11.9. The molecule has 11 heteroatoms. The van der Waals surface area contributed by atoms with E-state index in [4.69, 9.17) is 21.1 Å². The molecule has 0 unspecified atom stereocenters. The van der Waals surface area contributed by atoms with Crippen molar-refractivity contribution in [2.24, 2.45) is 0 Å². The van der Waals surface area contributed by atoms with Crippen LogP contribution in [0, 0.1) is 0 Å². The Hall–Kier alpha value is -2.98. The smallest absolute Gasteiger partial charge is 0.341 e. The lowest BCUT2D eigenvalue weighted by Crippen LogP contribution is -2.07. The van der Waals surface area contributed by atoms with E-state index in [0.717, 1.165) is 10.0 Å². The number of rotatable bonds is 6. The summed E-state index contributed by atoms with van der Waals surface area (Å²) >= 11 is 9.79. The zero-order valence-corrected chi connectivity index (χ0v) is 18.4. The Morgan fingerprint density at radius 3 is 2.70 bits per heavy atom. The van der Waals surface area contributed by atoms with Crippen molar-refractivity contribution in [3.8, 4) is 11.8 Å². The number of benzene rings is 1. The molecule has 0 aliphatic rings. The van der Waals surface area contributed by atoms with E-state index in [-0.39, 0.29) is 23.3 Å². The van der Waals surface area contributed by atoms with Gasteiger partial charge in [0.25, 0.3) is 5.95 Å². The number of methoxy groups -OCH3 is 1. The molecule has 3 aromatic heterocycles. The summed E-state index contributed by atoms with van der Waals surface area (Å²) in [6.07, 6.45) is 2.87. The van der Waals surface area contributed by atoms with Gasteiger partial charge in [0.1, 0.15) is 5.52 Å². The average Bonchev–Trinajstić information content (AvgIpc) is 3.35. The lowest BCUT2D eigenvalue weighted by atomic mass is 10.2. The number of fused-ring (bicyclic) bond motifs is 1. The van der Waals surface area contributed by atoms with Crippen LogP contribution in [0.4, 0.5) is 0 Å². The molecule has 0 spiro atoms. The molecule has 0 atom stereocenters. The summed E-state index contributed by atoms with van der Waals surface area (Å²) in [5, 5.41) is 8.75. The number of halogens is 2. The maximum atomic E-state index is 11.9. The van der Waals surface area contributed by atoms with Crippen LogP contribution in [0.5, 0.6) is 5.88 Å². The second kappa shape index (κ2) is 8.41. The first-order chi connectivity index (χ1) is 14.5. The minimum Gasteiger partial charge on any atom is -0.479 e. The first-order valence-electron chi connectivity index (χ1n) is 8.94. The first kappa shape index (κ1) is 20.3. The maximum Gasteiger partial charge on any atom is 0.341 e. The molecule has 1 aromatic carbocycles. The van der Waals surface area contributed by atoms with Crippen LogP contribution in [-0.4, -0.2) is 49.2 Å². The largest absolute Gasteiger partial charge is 0.479 e. The first-order valence-corrected chi connectivity index (χ1v) is 10.1. The van der Waals surface area contributed by atoms with Crippen molar-refractivity contribution in [1.29, 1.82) is 0 Å². The van der Waals surface area contributed by atoms with Gasteiger partial charge in [-0.25, -0.2) is 14.5 Å². The van der Waals surface area contributed by atoms with Crippen LogP contribution in [0.1, 0.15) is 22.8 Å². The lowest BCUT2D eigenvalue weighted by molar-refractivity contribution is 0.0526. The molecule has 3 heterocycles. The highest BCUT2D eigenvalue weighted by Crippen LogP contribution is 2.29. The summed E-state index contributed by atoms with van der Waals surface area (Å²) in [6.45, 7) is 2.47. The molecule has 0 amide bonds. The van der Waals surface area contributed by atoms with Crippen LogP contribution < -0.4 is 4.74 Å². The number of carbonyl (C=O) groups excluding carboxylic acids is 1. The SMILES string of the molecule is CCOC(=O)c1cnn(-c2nc(OC)c3c(n2)c(Cl)nn3Cc2ccc(Br)cc2)c1. The molecule has 0 fully saturated rings. The highest BCUT2D eigenvalue weighted by Gasteiger charge is 2.20. The summed E-state index contributed by atoms with van der Waals surface area (Å²) in [7, 11) is 1.50. The van der Waals surface area contributed by atoms with Gasteiger partial charge in [0.2, 0.25) is 5.88 Å². The third kappa shape index (κ3) is 3.88. The Balaban J connectivity index is 1.75. The van der Waals surface area contributed by atoms with Gasteiger partial charge in [-0.15, -0.1) is 0 Å². The zero-order chi connectivity index (χ0) is 21.3. The van der Waals surface area contributed by atoms with Crippen LogP contribution in [0.2, 0.25) is 5.15 Å². The molecule has 0 aliphatic carbocycles. The quantitative estimate of drug-likeness (QED) is 0.380.